The molecule has 0 aliphatic heterocycles. The smallest absolute Gasteiger partial charge is 0.236 e. The number of carbonyl (C=O) groups excluding carboxylic acids is 1. The second-order valence-corrected chi connectivity index (χ2v) is 11.1. The third kappa shape index (κ3) is 7.13. The molecule has 11 heteroatoms. The maximum atomic E-state index is 12.6. The molecule has 2 aromatic heterocycles. The van der Waals surface area contributed by atoms with Crippen molar-refractivity contribution >= 4 is 57.3 Å². The van der Waals surface area contributed by atoms with Crippen LogP contribution in [0.3, 0.4) is 0 Å². The third-order valence-electron chi connectivity index (χ3n) is 5.01. The van der Waals surface area contributed by atoms with Crippen molar-refractivity contribution in [2.24, 2.45) is 5.92 Å². The molecule has 0 radical (unpaired) electrons. The molecule has 7 nitrogen and oxygen atoms in total. The number of amides is 1. The molecule has 0 spiro atoms. The first-order chi connectivity index (χ1) is 17.8. The van der Waals surface area contributed by atoms with Crippen LogP contribution in [0.2, 0.25) is 10.0 Å². The predicted octanol–water partition coefficient (Wildman–Crippen LogP) is 7.33. The topological polar surface area (TPSA) is 81.9 Å². The predicted molar refractivity (Wildman–Crippen MR) is 153 cm³/mol. The van der Waals surface area contributed by atoms with Gasteiger partial charge in [0.25, 0.3) is 0 Å². The van der Waals surface area contributed by atoms with Crippen molar-refractivity contribution in [1.29, 1.82) is 0 Å². The first-order valence-electron chi connectivity index (χ1n) is 11.4. The summed E-state index contributed by atoms with van der Waals surface area (Å²) in [6, 6.07) is 13.0. The number of allylic oxidation sites excluding steroid dienone is 1. The van der Waals surface area contributed by atoms with E-state index in [4.69, 9.17) is 27.9 Å². The van der Waals surface area contributed by atoms with Crippen LogP contribution in [-0.4, -0.2) is 38.0 Å². The van der Waals surface area contributed by atoms with Crippen LogP contribution in [0.5, 0.6) is 5.75 Å². The summed E-state index contributed by atoms with van der Waals surface area (Å²) >= 11 is 14.9. The number of anilines is 1. The Balaban J connectivity index is 1.40. The van der Waals surface area contributed by atoms with Gasteiger partial charge in [-0.25, -0.2) is 4.98 Å². The first-order valence-corrected chi connectivity index (χ1v) is 14.1. The van der Waals surface area contributed by atoms with Crippen molar-refractivity contribution in [1.82, 2.24) is 19.7 Å². The highest BCUT2D eigenvalue weighted by atomic mass is 35.5. The van der Waals surface area contributed by atoms with Gasteiger partial charge in [-0.05, 0) is 48.4 Å². The molecule has 2 heterocycles. The van der Waals surface area contributed by atoms with Gasteiger partial charge in [-0.15, -0.1) is 28.1 Å². The summed E-state index contributed by atoms with van der Waals surface area (Å²) in [5.41, 5.74) is 2.33. The SMILES string of the molecule is C=CCn1c(SCC(=O)Nc2nc(-c3ccc(Cl)cc3Cl)cs2)nnc1-c1ccc(OCC(C)C)cc1. The molecular weight excluding hydrogens is 549 g/mol. The number of carbonyl (C=O) groups is 1. The van der Waals surface area contributed by atoms with E-state index >= 15 is 0 Å². The lowest BCUT2D eigenvalue weighted by Gasteiger charge is -2.10. The fourth-order valence-electron chi connectivity index (χ4n) is 3.30. The standard InChI is InChI=1S/C26H25Cl2N5O2S2/c1-4-11-33-24(17-5-8-19(9-6-17)35-13-16(2)3)31-32-26(33)37-15-23(34)30-25-29-22(14-36-25)20-10-7-18(27)12-21(20)28/h4-10,12,14,16H,1,11,13,15H2,2-3H3,(H,29,30,34). The molecule has 2 aromatic carbocycles. The fraction of sp³-hybridized carbons (Fsp3) is 0.231. The number of nitrogens with zero attached hydrogens (tertiary/aromatic N) is 4. The summed E-state index contributed by atoms with van der Waals surface area (Å²) in [5, 5.41) is 15.5. The van der Waals surface area contributed by atoms with E-state index in [-0.39, 0.29) is 11.7 Å². The van der Waals surface area contributed by atoms with Crippen molar-refractivity contribution in [3.63, 3.8) is 0 Å². The van der Waals surface area contributed by atoms with Gasteiger partial charge in [0.15, 0.2) is 16.1 Å². The summed E-state index contributed by atoms with van der Waals surface area (Å²) in [6.45, 7) is 9.23. The molecule has 37 heavy (non-hydrogen) atoms. The molecule has 0 aliphatic rings. The largest absolute Gasteiger partial charge is 0.493 e. The summed E-state index contributed by atoms with van der Waals surface area (Å²) < 4.78 is 7.70. The van der Waals surface area contributed by atoms with Crippen LogP contribution in [0, 0.1) is 5.92 Å². The number of nitrogens with one attached hydrogen (secondary N) is 1. The normalized spacial score (nSPS) is 11.1. The summed E-state index contributed by atoms with van der Waals surface area (Å²) in [6.07, 6.45) is 1.77. The zero-order valence-corrected chi connectivity index (χ0v) is 23.4. The van der Waals surface area contributed by atoms with E-state index in [1.807, 2.05) is 34.2 Å². The third-order valence-corrected chi connectivity index (χ3v) is 7.29. The van der Waals surface area contributed by atoms with E-state index in [0.29, 0.717) is 50.9 Å². The van der Waals surface area contributed by atoms with E-state index < -0.39 is 0 Å². The number of benzene rings is 2. The number of thiazole rings is 1. The minimum absolute atomic E-state index is 0.147. The maximum absolute atomic E-state index is 12.6. The molecule has 0 aliphatic carbocycles. The zero-order chi connectivity index (χ0) is 26.4. The van der Waals surface area contributed by atoms with E-state index in [1.165, 1.54) is 23.1 Å². The number of halogens is 2. The average molecular weight is 575 g/mol. The number of ether oxygens (including phenoxy) is 1. The van der Waals surface area contributed by atoms with Crippen LogP contribution >= 0.6 is 46.3 Å². The monoisotopic (exact) mass is 573 g/mol. The highest BCUT2D eigenvalue weighted by molar-refractivity contribution is 7.99. The van der Waals surface area contributed by atoms with Crippen LogP contribution in [0.15, 0.2) is 65.7 Å². The van der Waals surface area contributed by atoms with Gasteiger partial charge in [0.05, 0.1) is 23.1 Å². The first kappa shape index (κ1) is 27.2. The van der Waals surface area contributed by atoms with E-state index in [1.54, 1.807) is 24.3 Å². The van der Waals surface area contributed by atoms with Gasteiger partial charge >= 0.3 is 0 Å². The van der Waals surface area contributed by atoms with Crippen LogP contribution in [0.25, 0.3) is 22.6 Å². The van der Waals surface area contributed by atoms with Gasteiger partial charge in [0.2, 0.25) is 5.91 Å². The highest BCUT2D eigenvalue weighted by Gasteiger charge is 2.16. The molecule has 0 saturated heterocycles. The van der Waals surface area contributed by atoms with Crippen molar-refractivity contribution in [3.8, 4) is 28.4 Å². The molecule has 0 unspecified atom stereocenters. The molecule has 0 fully saturated rings. The van der Waals surface area contributed by atoms with Gasteiger partial charge in [0.1, 0.15) is 5.75 Å². The molecule has 4 rings (SSSR count). The lowest BCUT2D eigenvalue weighted by molar-refractivity contribution is -0.113. The summed E-state index contributed by atoms with van der Waals surface area (Å²) in [5.74, 6) is 1.90. The summed E-state index contributed by atoms with van der Waals surface area (Å²) in [4.78, 5) is 17.1. The second-order valence-electron chi connectivity index (χ2n) is 8.43. The van der Waals surface area contributed by atoms with Gasteiger partial charge in [0, 0.05) is 28.1 Å². The minimum atomic E-state index is -0.200. The Bertz CT molecular complexity index is 1390. The van der Waals surface area contributed by atoms with Crippen LogP contribution in [0.1, 0.15) is 13.8 Å². The zero-order valence-electron chi connectivity index (χ0n) is 20.3. The van der Waals surface area contributed by atoms with Crippen molar-refractivity contribution in [2.75, 3.05) is 17.7 Å². The summed E-state index contributed by atoms with van der Waals surface area (Å²) in [7, 11) is 0. The number of aromatic nitrogens is 4. The average Bonchev–Trinajstić information content (AvgIpc) is 3.49. The Morgan fingerprint density at radius 3 is 2.70 bits per heavy atom. The fourth-order valence-corrected chi connectivity index (χ4v) is 5.28. The molecule has 0 atom stereocenters. The maximum Gasteiger partial charge on any atom is 0.236 e. The molecule has 1 N–H and O–H groups in total. The molecule has 192 valence electrons. The van der Waals surface area contributed by atoms with E-state index in [9.17, 15) is 4.79 Å². The van der Waals surface area contributed by atoms with E-state index in [0.717, 1.165) is 16.9 Å². The lowest BCUT2D eigenvalue weighted by Crippen LogP contribution is -2.14. The minimum Gasteiger partial charge on any atom is -0.493 e. The van der Waals surface area contributed by atoms with E-state index in [2.05, 4.69) is 40.9 Å². The Morgan fingerprint density at radius 1 is 1.22 bits per heavy atom. The number of hydrogen-bond acceptors (Lipinski definition) is 7. The molecule has 0 bridgehead atoms. The van der Waals surface area contributed by atoms with Crippen molar-refractivity contribution < 1.29 is 9.53 Å². The Hall–Kier alpha value is -2.85. The van der Waals surface area contributed by atoms with Gasteiger partial charge in [-0.2, -0.15) is 0 Å². The van der Waals surface area contributed by atoms with Crippen LogP contribution in [0.4, 0.5) is 5.13 Å². The molecule has 1 amide bonds. The Morgan fingerprint density at radius 2 is 2.00 bits per heavy atom. The second kappa shape index (κ2) is 12.6. The molecular formula is C26H25Cl2N5O2S2. The van der Waals surface area contributed by atoms with Crippen molar-refractivity contribution in [2.45, 2.75) is 25.5 Å². The Labute approximate surface area is 233 Å². The van der Waals surface area contributed by atoms with Crippen molar-refractivity contribution in [3.05, 3.63) is 70.5 Å². The Kier molecular flexibility index (Phi) is 9.26. The molecule has 0 saturated carbocycles. The van der Waals surface area contributed by atoms with Gasteiger partial charge in [-0.1, -0.05) is 54.9 Å². The van der Waals surface area contributed by atoms with Crippen LogP contribution in [-0.2, 0) is 11.3 Å². The number of hydrogen-bond donors (Lipinski definition) is 1. The number of thioether (sulfide) groups is 1. The van der Waals surface area contributed by atoms with Crippen LogP contribution < -0.4 is 10.1 Å². The highest BCUT2D eigenvalue weighted by Crippen LogP contribution is 2.32. The van der Waals surface area contributed by atoms with Gasteiger partial charge < -0.3 is 10.1 Å². The molecule has 4 aromatic rings. The van der Waals surface area contributed by atoms with Gasteiger partial charge in [-0.3, -0.25) is 9.36 Å². The quantitative estimate of drug-likeness (QED) is 0.149. The lowest BCUT2D eigenvalue weighted by atomic mass is 10.2. The number of rotatable bonds is 11.